The van der Waals surface area contributed by atoms with Gasteiger partial charge in [-0.25, -0.2) is 4.68 Å². The van der Waals surface area contributed by atoms with Crippen molar-refractivity contribution in [2.24, 2.45) is 11.8 Å². The van der Waals surface area contributed by atoms with Gasteiger partial charge in [-0.2, -0.15) is 0 Å². The van der Waals surface area contributed by atoms with Gasteiger partial charge in [0.1, 0.15) is 0 Å². The molecule has 0 radical (unpaired) electrons. The lowest BCUT2D eigenvalue weighted by molar-refractivity contribution is 0.357. The van der Waals surface area contributed by atoms with Gasteiger partial charge in [-0.3, -0.25) is 0 Å². The molecule has 1 aromatic heterocycles. The number of nitrogen functional groups attached to an aromatic ring is 1. The Hall–Kier alpha value is -1.43. The second kappa shape index (κ2) is 4.55. The lowest BCUT2D eigenvalue weighted by atomic mass is 10.1. The van der Waals surface area contributed by atoms with Crippen molar-refractivity contribution in [3.8, 4) is 11.4 Å². The number of benzene rings is 1. The molecular weight excluding hydrogens is 318 g/mol. The summed E-state index contributed by atoms with van der Waals surface area (Å²) < 4.78 is 3.02. The largest absolute Gasteiger partial charge is 0.399 e. The average Bonchev–Trinajstić information content (AvgIpc) is 3.34. The molecule has 2 aliphatic rings. The number of rotatable bonds is 4. The number of nitrogens with two attached hydrogens (primary N) is 1. The fourth-order valence-corrected chi connectivity index (χ4v) is 3.37. The standard InChI is InChI=1S/C14H16BrN5/c15-12-6-5-10(16)7-11(12)14-17-18-19-20(14)13(8-1-2-8)9-3-4-9/h5-9,13H,1-4,16H2. The van der Waals surface area contributed by atoms with Crippen LogP contribution >= 0.6 is 15.9 Å². The van der Waals surface area contributed by atoms with Gasteiger partial charge in [-0.1, -0.05) is 15.9 Å². The van der Waals surface area contributed by atoms with Crippen LogP contribution in [0.25, 0.3) is 11.4 Å². The molecule has 1 aromatic carbocycles. The Labute approximate surface area is 125 Å². The summed E-state index contributed by atoms with van der Waals surface area (Å²) in [5.41, 5.74) is 7.61. The third kappa shape index (κ3) is 2.12. The van der Waals surface area contributed by atoms with Crippen LogP contribution in [0.15, 0.2) is 22.7 Å². The maximum Gasteiger partial charge on any atom is 0.183 e. The van der Waals surface area contributed by atoms with E-state index >= 15 is 0 Å². The highest BCUT2D eigenvalue weighted by molar-refractivity contribution is 9.10. The quantitative estimate of drug-likeness (QED) is 0.873. The van der Waals surface area contributed by atoms with Gasteiger partial charge in [0.25, 0.3) is 0 Å². The van der Waals surface area contributed by atoms with Gasteiger partial charge in [0.2, 0.25) is 0 Å². The smallest absolute Gasteiger partial charge is 0.183 e. The molecule has 0 spiro atoms. The first-order chi connectivity index (χ1) is 9.74. The molecule has 0 bridgehead atoms. The maximum atomic E-state index is 5.91. The minimum absolute atomic E-state index is 0.466. The van der Waals surface area contributed by atoms with E-state index in [1.54, 1.807) is 0 Å². The van der Waals surface area contributed by atoms with E-state index in [9.17, 15) is 0 Å². The van der Waals surface area contributed by atoms with Gasteiger partial charge in [-0.15, -0.1) is 5.10 Å². The molecule has 2 saturated carbocycles. The Kier molecular flexibility index (Phi) is 2.80. The van der Waals surface area contributed by atoms with Crippen LogP contribution in [0, 0.1) is 11.8 Å². The van der Waals surface area contributed by atoms with Crippen LogP contribution in [0.4, 0.5) is 5.69 Å². The monoisotopic (exact) mass is 333 g/mol. The summed E-state index contributed by atoms with van der Waals surface area (Å²) in [6, 6.07) is 6.23. The van der Waals surface area contributed by atoms with Gasteiger partial charge in [0.05, 0.1) is 6.04 Å². The van der Waals surface area contributed by atoms with E-state index in [4.69, 9.17) is 5.73 Å². The number of nitrogens with zero attached hydrogens (tertiary/aromatic N) is 4. The summed E-state index contributed by atoms with van der Waals surface area (Å²) >= 11 is 3.58. The van der Waals surface area contributed by atoms with Crippen molar-refractivity contribution < 1.29 is 0 Å². The van der Waals surface area contributed by atoms with Crippen LogP contribution in [0.1, 0.15) is 31.7 Å². The number of halogens is 1. The molecule has 0 atom stereocenters. The van der Waals surface area contributed by atoms with Crippen LogP contribution < -0.4 is 5.73 Å². The highest BCUT2D eigenvalue weighted by Crippen LogP contribution is 2.52. The number of tetrazole rings is 1. The summed E-state index contributed by atoms with van der Waals surface area (Å²) in [5, 5.41) is 12.4. The summed E-state index contributed by atoms with van der Waals surface area (Å²) in [6.07, 6.45) is 5.22. The average molecular weight is 334 g/mol. The van der Waals surface area contributed by atoms with Crippen molar-refractivity contribution in [2.45, 2.75) is 31.7 Å². The molecule has 6 heteroatoms. The van der Waals surface area contributed by atoms with Crippen LogP contribution in [0.2, 0.25) is 0 Å². The van der Waals surface area contributed by atoms with E-state index in [0.717, 1.165) is 33.4 Å². The van der Waals surface area contributed by atoms with Crippen molar-refractivity contribution in [1.82, 2.24) is 20.2 Å². The first kappa shape index (κ1) is 12.3. The summed E-state index contributed by atoms with van der Waals surface area (Å²) in [7, 11) is 0. The van der Waals surface area contributed by atoms with Crippen molar-refractivity contribution >= 4 is 21.6 Å². The van der Waals surface area contributed by atoms with E-state index in [-0.39, 0.29) is 0 Å². The van der Waals surface area contributed by atoms with Crippen molar-refractivity contribution in [3.05, 3.63) is 22.7 Å². The summed E-state index contributed by atoms with van der Waals surface area (Å²) in [4.78, 5) is 0. The number of anilines is 1. The topological polar surface area (TPSA) is 69.6 Å². The van der Waals surface area contributed by atoms with Crippen LogP contribution in [-0.4, -0.2) is 20.2 Å². The fourth-order valence-electron chi connectivity index (χ4n) is 2.95. The highest BCUT2D eigenvalue weighted by atomic mass is 79.9. The van der Waals surface area contributed by atoms with Gasteiger partial charge in [0.15, 0.2) is 5.82 Å². The van der Waals surface area contributed by atoms with Crippen molar-refractivity contribution in [2.75, 3.05) is 5.73 Å². The first-order valence-electron chi connectivity index (χ1n) is 7.07. The van der Waals surface area contributed by atoms with Gasteiger partial charge < -0.3 is 5.73 Å². The summed E-state index contributed by atoms with van der Waals surface area (Å²) in [5.74, 6) is 2.34. The van der Waals surface area contributed by atoms with E-state index in [0.29, 0.717) is 6.04 Å². The Morgan fingerprint density at radius 1 is 1.20 bits per heavy atom. The molecule has 2 aliphatic carbocycles. The minimum Gasteiger partial charge on any atom is -0.399 e. The third-order valence-corrected chi connectivity index (χ3v) is 4.91. The van der Waals surface area contributed by atoms with E-state index in [1.807, 2.05) is 22.9 Å². The van der Waals surface area contributed by atoms with Crippen LogP contribution in [-0.2, 0) is 0 Å². The summed E-state index contributed by atoms with van der Waals surface area (Å²) in [6.45, 7) is 0. The predicted molar refractivity (Wildman–Crippen MR) is 79.9 cm³/mol. The predicted octanol–water partition coefficient (Wildman–Crippen LogP) is 3.05. The van der Waals surface area contributed by atoms with Gasteiger partial charge >= 0.3 is 0 Å². The molecule has 5 nitrogen and oxygen atoms in total. The zero-order valence-electron chi connectivity index (χ0n) is 11.0. The number of hydrogen-bond donors (Lipinski definition) is 1. The molecule has 0 aliphatic heterocycles. The molecule has 20 heavy (non-hydrogen) atoms. The second-order valence-electron chi connectivity index (χ2n) is 5.85. The Morgan fingerprint density at radius 2 is 1.90 bits per heavy atom. The van der Waals surface area contributed by atoms with Gasteiger partial charge in [0, 0.05) is 15.7 Å². The first-order valence-corrected chi connectivity index (χ1v) is 7.86. The zero-order chi connectivity index (χ0) is 13.7. The van der Waals surface area contributed by atoms with E-state index < -0.39 is 0 Å². The fraction of sp³-hybridized carbons (Fsp3) is 0.500. The van der Waals surface area contributed by atoms with E-state index in [2.05, 4.69) is 31.5 Å². The molecule has 2 N–H and O–H groups in total. The van der Waals surface area contributed by atoms with Gasteiger partial charge in [-0.05, 0) is 66.1 Å². The zero-order valence-corrected chi connectivity index (χ0v) is 12.6. The molecule has 0 amide bonds. The number of hydrogen-bond acceptors (Lipinski definition) is 4. The molecule has 2 fully saturated rings. The lowest BCUT2D eigenvalue weighted by Gasteiger charge is -2.17. The maximum absolute atomic E-state index is 5.91. The van der Waals surface area contributed by atoms with Crippen LogP contribution in [0.5, 0.6) is 0 Å². The molecular formula is C14H16BrN5. The molecule has 2 aromatic rings. The van der Waals surface area contributed by atoms with Crippen molar-refractivity contribution in [1.29, 1.82) is 0 Å². The SMILES string of the molecule is Nc1ccc(Br)c(-c2nnnn2C(C2CC2)C2CC2)c1. The molecule has 4 rings (SSSR count). The normalized spacial score (nSPS) is 18.7. The highest BCUT2D eigenvalue weighted by Gasteiger charge is 2.44. The lowest BCUT2D eigenvalue weighted by Crippen LogP contribution is -2.16. The van der Waals surface area contributed by atoms with E-state index in [1.165, 1.54) is 25.7 Å². The third-order valence-electron chi connectivity index (χ3n) is 4.22. The van der Waals surface area contributed by atoms with Crippen LogP contribution in [0.3, 0.4) is 0 Å². The molecule has 1 heterocycles. The second-order valence-corrected chi connectivity index (χ2v) is 6.71. The minimum atomic E-state index is 0.466. The number of aromatic nitrogens is 4. The Balaban J connectivity index is 1.79. The molecule has 0 unspecified atom stereocenters. The molecule has 104 valence electrons. The molecule has 0 saturated heterocycles. The van der Waals surface area contributed by atoms with Crippen molar-refractivity contribution in [3.63, 3.8) is 0 Å². The Morgan fingerprint density at radius 3 is 2.55 bits per heavy atom. The Bertz CT molecular complexity index is 633.